The first kappa shape index (κ1) is 11.2. The zero-order valence-electron chi connectivity index (χ0n) is 8.41. The van der Waals surface area contributed by atoms with Gasteiger partial charge in [0.25, 0.3) is 5.89 Å². The second-order valence-electron chi connectivity index (χ2n) is 3.05. The Kier molecular flexibility index (Phi) is 3.31. The Morgan fingerprint density at radius 1 is 1.25 bits per heavy atom. The Hall–Kier alpha value is -1.26. The highest BCUT2D eigenvalue weighted by Gasteiger charge is 2.09. The summed E-state index contributed by atoms with van der Waals surface area (Å²) in [7, 11) is 0. The Labute approximate surface area is 102 Å². The van der Waals surface area contributed by atoms with Crippen molar-refractivity contribution in [3.05, 3.63) is 40.0 Å². The smallest absolute Gasteiger partial charge is 0.253 e. The topological polar surface area (TPSA) is 48.2 Å². The van der Waals surface area contributed by atoms with Crippen LogP contribution >= 0.6 is 23.2 Å². The van der Waals surface area contributed by atoms with Gasteiger partial charge in [0.05, 0.1) is 10.0 Å². The van der Waals surface area contributed by atoms with Crippen molar-refractivity contribution in [3.8, 4) is 5.75 Å². The highest BCUT2D eigenvalue weighted by molar-refractivity contribution is 6.37. The number of nitrogens with zero attached hydrogens (tertiary/aromatic N) is 2. The van der Waals surface area contributed by atoms with Gasteiger partial charge in [-0.15, -0.1) is 10.2 Å². The van der Waals surface area contributed by atoms with E-state index in [2.05, 4.69) is 10.2 Å². The van der Waals surface area contributed by atoms with E-state index in [1.54, 1.807) is 25.1 Å². The van der Waals surface area contributed by atoms with Crippen LogP contribution in [0.3, 0.4) is 0 Å². The number of halogens is 2. The van der Waals surface area contributed by atoms with E-state index in [-0.39, 0.29) is 6.61 Å². The van der Waals surface area contributed by atoms with Crippen molar-refractivity contribution in [3.63, 3.8) is 0 Å². The normalized spacial score (nSPS) is 10.4. The number of hydrogen-bond donors (Lipinski definition) is 0. The highest BCUT2D eigenvalue weighted by Crippen LogP contribution is 2.32. The fraction of sp³-hybridized carbons (Fsp3) is 0.200. The maximum absolute atomic E-state index is 5.92. The molecule has 2 aromatic rings. The summed E-state index contributed by atoms with van der Waals surface area (Å²) in [5, 5.41) is 8.37. The van der Waals surface area contributed by atoms with Gasteiger partial charge in [0.2, 0.25) is 5.89 Å². The summed E-state index contributed by atoms with van der Waals surface area (Å²) in [6, 6.07) is 5.14. The van der Waals surface area contributed by atoms with Crippen LogP contribution in [0.2, 0.25) is 10.0 Å². The Balaban J connectivity index is 2.10. The van der Waals surface area contributed by atoms with Crippen LogP contribution in [0.4, 0.5) is 0 Å². The molecule has 2 rings (SSSR count). The van der Waals surface area contributed by atoms with Crippen molar-refractivity contribution in [2.45, 2.75) is 13.5 Å². The number of rotatable bonds is 3. The number of para-hydroxylation sites is 1. The third-order valence-electron chi connectivity index (χ3n) is 1.83. The molecule has 0 aliphatic rings. The summed E-state index contributed by atoms with van der Waals surface area (Å²) >= 11 is 11.8. The summed E-state index contributed by atoms with van der Waals surface area (Å²) in [5.41, 5.74) is 0. The molecule has 0 aliphatic carbocycles. The summed E-state index contributed by atoms with van der Waals surface area (Å²) in [6.07, 6.45) is 0. The SMILES string of the molecule is Cc1nnc(COc2c(Cl)cccc2Cl)o1. The maximum Gasteiger partial charge on any atom is 0.253 e. The van der Waals surface area contributed by atoms with Crippen LogP contribution in [-0.2, 0) is 6.61 Å². The fourth-order valence-corrected chi connectivity index (χ4v) is 1.66. The third-order valence-corrected chi connectivity index (χ3v) is 2.42. The zero-order chi connectivity index (χ0) is 11.5. The van der Waals surface area contributed by atoms with E-state index in [0.717, 1.165) is 0 Å². The van der Waals surface area contributed by atoms with E-state index < -0.39 is 0 Å². The van der Waals surface area contributed by atoms with Crippen LogP contribution in [-0.4, -0.2) is 10.2 Å². The molecular weight excluding hydrogens is 251 g/mol. The summed E-state index contributed by atoms with van der Waals surface area (Å²) in [6.45, 7) is 1.85. The van der Waals surface area contributed by atoms with Crippen LogP contribution in [0.15, 0.2) is 22.6 Å². The molecule has 84 valence electrons. The zero-order valence-corrected chi connectivity index (χ0v) is 9.92. The molecule has 0 radical (unpaired) electrons. The lowest BCUT2D eigenvalue weighted by Gasteiger charge is -2.06. The van der Waals surface area contributed by atoms with Crippen molar-refractivity contribution in [2.24, 2.45) is 0 Å². The van der Waals surface area contributed by atoms with Crippen molar-refractivity contribution in [2.75, 3.05) is 0 Å². The minimum absolute atomic E-state index is 0.143. The average molecular weight is 259 g/mol. The molecular formula is C10H8Cl2N2O2. The lowest BCUT2D eigenvalue weighted by atomic mass is 10.3. The number of aromatic nitrogens is 2. The molecule has 0 aliphatic heterocycles. The van der Waals surface area contributed by atoms with Gasteiger partial charge in [0, 0.05) is 6.92 Å². The molecule has 1 heterocycles. The molecule has 1 aromatic carbocycles. The second kappa shape index (κ2) is 4.72. The van der Waals surface area contributed by atoms with Gasteiger partial charge in [-0.05, 0) is 12.1 Å². The number of hydrogen-bond acceptors (Lipinski definition) is 4. The quantitative estimate of drug-likeness (QED) is 0.848. The highest BCUT2D eigenvalue weighted by atomic mass is 35.5. The van der Waals surface area contributed by atoms with E-state index in [9.17, 15) is 0 Å². The van der Waals surface area contributed by atoms with Crippen molar-refractivity contribution < 1.29 is 9.15 Å². The van der Waals surface area contributed by atoms with E-state index in [1.807, 2.05) is 0 Å². The second-order valence-corrected chi connectivity index (χ2v) is 3.87. The fourth-order valence-electron chi connectivity index (χ4n) is 1.15. The first-order valence-electron chi connectivity index (χ1n) is 4.52. The lowest BCUT2D eigenvalue weighted by Crippen LogP contribution is -1.96. The predicted octanol–water partition coefficient (Wildman–Crippen LogP) is 3.26. The third kappa shape index (κ3) is 2.46. The van der Waals surface area contributed by atoms with Crippen LogP contribution in [0.1, 0.15) is 11.8 Å². The molecule has 0 fully saturated rings. The molecule has 0 atom stereocenters. The molecule has 0 N–H and O–H groups in total. The van der Waals surface area contributed by atoms with Crippen LogP contribution < -0.4 is 4.74 Å². The standard InChI is InChI=1S/C10H8Cl2N2O2/c1-6-13-14-9(16-6)5-15-10-7(11)3-2-4-8(10)12/h2-4H,5H2,1H3. The predicted molar refractivity (Wildman–Crippen MR) is 59.8 cm³/mol. The molecule has 6 heteroatoms. The Bertz CT molecular complexity index is 479. The van der Waals surface area contributed by atoms with Gasteiger partial charge >= 0.3 is 0 Å². The van der Waals surface area contributed by atoms with Gasteiger partial charge in [-0.2, -0.15) is 0 Å². The van der Waals surface area contributed by atoms with Gasteiger partial charge in [0.15, 0.2) is 12.4 Å². The summed E-state index contributed by atoms with van der Waals surface area (Å²) in [5.74, 6) is 1.29. The molecule has 0 saturated carbocycles. The van der Waals surface area contributed by atoms with Crippen LogP contribution in [0.5, 0.6) is 5.75 Å². The summed E-state index contributed by atoms with van der Waals surface area (Å²) in [4.78, 5) is 0. The van der Waals surface area contributed by atoms with Crippen LogP contribution in [0.25, 0.3) is 0 Å². The van der Waals surface area contributed by atoms with Crippen molar-refractivity contribution in [1.82, 2.24) is 10.2 Å². The Morgan fingerprint density at radius 3 is 2.50 bits per heavy atom. The molecule has 0 unspecified atom stereocenters. The minimum atomic E-state index is 0.143. The number of aryl methyl sites for hydroxylation is 1. The first-order valence-corrected chi connectivity index (χ1v) is 5.28. The number of ether oxygens (including phenoxy) is 1. The first-order chi connectivity index (χ1) is 7.66. The van der Waals surface area contributed by atoms with Gasteiger partial charge in [0.1, 0.15) is 0 Å². The molecule has 0 spiro atoms. The van der Waals surface area contributed by atoms with E-state index in [4.69, 9.17) is 32.4 Å². The maximum atomic E-state index is 5.92. The minimum Gasteiger partial charge on any atom is -0.481 e. The van der Waals surface area contributed by atoms with E-state index in [0.29, 0.717) is 27.6 Å². The lowest BCUT2D eigenvalue weighted by molar-refractivity contribution is 0.261. The van der Waals surface area contributed by atoms with Gasteiger partial charge in [-0.1, -0.05) is 29.3 Å². The Morgan fingerprint density at radius 2 is 1.94 bits per heavy atom. The molecule has 0 bridgehead atoms. The molecule has 0 amide bonds. The number of benzene rings is 1. The van der Waals surface area contributed by atoms with Gasteiger partial charge in [-0.25, -0.2) is 0 Å². The largest absolute Gasteiger partial charge is 0.481 e. The van der Waals surface area contributed by atoms with E-state index in [1.165, 1.54) is 0 Å². The van der Waals surface area contributed by atoms with Crippen LogP contribution in [0, 0.1) is 6.92 Å². The van der Waals surface area contributed by atoms with E-state index >= 15 is 0 Å². The molecule has 4 nitrogen and oxygen atoms in total. The molecule has 0 saturated heterocycles. The summed E-state index contributed by atoms with van der Waals surface area (Å²) < 4.78 is 10.6. The average Bonchev–Trinajstić information content (AvgIpc) is 2.63. The van der Waals surface area contributed by atoms with Gasteiger partial charge < -0.3 is 9.15 Å². The molecule has 16 heavy (non-hydrogen) atoms. The van der Waals surface area contributed by atoms with Gasteiger partial charge in [-0.3, -0.25) is 0 Å². The monoisotopic (exact) mass is 258 g/mol. The van der Waals surface area contributed by atoms with Crippen molar-refractivity contribution in [1.29, 1.82) is 0 Å². The van der Waals surface area contributed by atoms with Crippen molar-refractivity contribution >= 4 is 23.2 Å². The molecule has 1 aromatic heterocycles.